The van der Waals surface area contributed by atoms with Crippen LogP contribution in [0, 0.1) is 5.82 Å². The number of amides is 1. The first-order chi connectivity index (χ1) is 15.8. The molecule has 0 aliphatic heterocycles. The number of aromatic amines is 1. The fourth-order valence-corrected chi connectivity index (χ4v) is 3.74. The number of thiazole rings is 1. The lowest BCUT2D eigenvalue weighted by molar-refractivity contribution is -0.154. The standard InChI is InChI=1S/C22H21ClFN3O5S/c1-2-32-21(30)18(28)12-27(26-20(29)19-10-25-22(31)33-19)11-13-3-5-14(6-4-13)16-9-15(23)7-8-17(16)24/h3-10,18,28H,2,11-12H2,1H3,(H,25,31)(H,26,29)/t18-/m1/s1. The van der Waals surface area contributed by atoms with E-state index in [1.165, 1.54) is 29.4 Å². The highest BCUT2D eigenvalue weighted by Gasteiger charge is 2.23. The third-order valence-electron chi connectivity index (χ3n) is 4.53. The molecule has 0 saturated carbocycles. The topological polar surface area (TPSA) is 112 Å². The van der Waals surface area contributed by atoms with Crippen molar-refractivity contribution in [3.63, 3.8) is 0 Å². The van der Waals surface area contributed by atoms with E-state index in [2.05, 4.69) is 10.4 Å². The van der Waals surface area contributed by atoms with Crippen LogP contribution < -0.4 is 10.3 Å². The molecule has 0 spiro atoms. The molecule has 2 aromatic carbocycles. The molecule has 0 radical (unpaired) electrons. The van der Waals surface area contributed by atoms with Gasteiger partial charge in [0.05, 0.1) is 13.2 Å². The van der Waals surface area contributed by atoms with Crippen LogP contribution in [0.5, 0.6) is 0 Å². The number of carbonyl (C=O) groups is 2. The average molecular weight is 494 g/mol. The Balaban J connectivity index is 1.78. The van der Waals surface area contributed by atoms with Gasteiger partial charge < -0.3 is 14.8 Å². The molecule has 0 bridgehead atoms. The Morgan fingerprint density at radius 2 is 2.00 bits per heavy atom. The number of nitrogens with zero attached hydrogens (tertiary/aromatic N) is 1. The number of hydrazine groups is 1. The number of aromatic nitrogens is 1. The smallest absolute Gasteiger partial charge is 0.336 e. The second-order valence-corrected chi connectivity index (χ2v) is 8.40. The zero-order valence-electron chi connectivity index (χ0n) is 17.5. The molecular weight excluding hydrogens is 473 g/mol. The van der Waals surface area contributed by atoms with Crippen LogP contribution in [0.3, 0.4) is 0 Å². The highest BCUT2D eigenvalue weighted by atomic mass is 35.5. The van der Waals surface area contributed by atoms with E-state index < -0.39 is 23.8 Å². The first-order valence-electron chi connectivity index (χ1n) is 9.90. The predicted molar refractivity (Wildman–Crippen MR) is 122 cm³/mol. The molecule has 1 amide bonds. The quantitative estimate of drug-likeness (QED) is 0.312. The molecular formula is C22H21ClFN3O5S. The Hall–Kier alpha value is -3.05. The number of nitrogens with one attached hydrogen (secondary N) is 2. The van der Waals surface area contributed by atoms with Gasteiger partial charge in [0, 0.05) is 23.3 Å². The molecule has 1 heterocycles. The van der Waals surface area contributed by atoms with Crippen LogP contribution in [-0.4, -0.2) is 46.2 Å². The molecule has 3 aromatic rings. The van der Waals surface area contributed by atoms with Crippen molar-refractivity contribution in [1.82, 2.24) is 15.4 Å². The van der Waals surface area contributed by atoms with E-state index >= 15 is 0 Å². The summed E-state index contributed by atoms with van der Waals surface area (Å²) >= 11 is 6.70. The van der Waals surface area contributed by atoms with Crippen LogP contribution in [0.15, 0.2) is 53.5 Å². The normalized spacial score (nSPS) is 11.9. The van der Waals surface area contributed by atoms with Crippen molar-refractivity contribution < 1.29 is 23.8 Å². The van der Waals surface area contributed by atoms with Gasteiger partial charge in [-0.2, -0.15) is 0 Å². The molecule has 0 saturated heterocycles. The van der Waals surface area contributed by atoms with Gasteiger partial charge in [-0.1, -0.05) is 47.2 Å². The van der Waals surface area contributed by atoms with Crippen molar-refractivity contribution in [2.24, 2.45) is 0 Å². The zero-order valence-corrected chi connectivity index (χ0v) is 19.1. The lowest BCUT2D eigenvalue weighted by Gasteiger charge is -2.25. The maximum Gasteiger partial charge on any atom is 0.336 e. The summed E-state index contributed by atoms with van der Waals surface area (Å²) in [4.78, 5) is 37.8. The summed E-state index contributed by atoms with van der Waals surface area (Å²) in [5.74, 6) is -1.81. The summed E-state index contributed by atoms with van der Waals surface area (Å²) < 4.78 is 19.0. The van der Waals surface area contributed by atoms with Crippen LogP contribution in [0.2, 0.25) is 5.02 Å². The van der Waals surface area contributed by atoms with E-state index in [0.717, 1.165) is 11.3 Å². The Kier molecular flexibility index (Phi) is 8.34. The summed E-state index contributed by atoms with van der Waals surface area (Å²) in [6, 6.07) is 11.1. The number of esters is 1. The Morgan fingerprint density at radius 3 is 2.64 bits per heavy atom. The number of aliphatic hydroxyl groups is 1. The molecule has 1 atom stereocenters. The number of hydrogen-bond donors (Lipinski definition) is 3. The van der Waals surface area contributed by atoms with Crippen LogP contribution in [0.4, 0.5) is 4.39 Å². The number of carbonyl (C=O) groups excluding carboxylic acids is 2. The Bertz CT molecular complexity index is 1180. The molecule has 3 N–H and O–H groups in total. The minimum Gasteiger partial charge on any atom is -0.464 e. The number of ether oxygens (including phenoxy) is 1. The highest BCUT2D eigenvalue weighted by Crippen LogP contribution is 2.26. The molecule has 8 nitrogen and oxygen atoms in total. The van der Waals surface area contributed by atoms with Gasteiger partial charge in [-0.05, 0) is 36.2 Å². The number of halogens is 2. The molecule has 174 valence electrons. The number of H-pyrrole nitrogens is 1. The molecule has 0 aliphatic carbocycles. The maximum absolute atomic E-state index is 14.1. The van der Waals surface area contributed by atoms with E-state index in [4.69, 9.17) is 16.3 Å². The van der Waals surface area contributed by atoms with Gasteiger partial charge in [0.1, 0.15) is 10.7 Å². The molecule has 11 heteroatoms. The summed E-state index contributed by atoms with van der Waals surface area (Å²) in [6.07, 6.45) is -0.230. The predicted octanol–water partition coefficient (Wildman–Crippen LogP) is 2.97. The summed E-state index contributed by atoms with van der Waals surface area (Å²) in [5, 5.41) is 11.9. The highest BCUT2D eigenvalue weighted by molar-refractivity contribution is 7.11. The summed E-state index contributed by atoms with van der Waals surface area (Å²) in [5.41, 5.74) is 4.25. The second-order valence-electron chi connectivity index (χ2n) is 6.95. The summed E-state index contributed by atoms with van der Waals surface area (Å²) in [7, 11) is 0. The first kappa shape index (κ1) is 24.6. The second kappa shape index (κ2) is 11.2. The molecule has 0 unspecified atom stereocenters. The molecule has 3 rings (SSSR count). The van der Waals surface area contributed by atoms with Crippen molar-refractivity contribution in [2.75, 3.05) is 13.2 Å². The molecule has 0 fully saturated rings. The minimum atomic E-state index is -1.50. The molecule has 33 heavy (non-hydrogen) atoms. The number of aliphatic hydroxyl groups excluding tert-OH is 1. The van der Waals surface area contributed by atoms with E-state index in [1.807, 2.05) is 0 Å². The van der Waals surface area contributed by atoms with Gasteiger partial charge in [0.2, 0.25) is 0 Å². The number of hydrogen-bond acceptors (Lipinski definition) is 7. The van der Waals surface area contributed by atoms with Crippen molar-refractivity contribution in [3.05, 3.63) is 79.6 Å². The van der Waals surface area contributed by atoms with Crippen molar-refractivity contribution >= 4 is 34.8 Å². The van der Waals surface area contributed by atoms with Crippen LogP contribution in [0.1, 0.15) is 22.2 Å². The lowest BCUT2D eigenvalue weighted by atomic mass is 10.0. The zero-order chi connectivity index (χ0) is 24.0. The van der Waals surface area contributed by atoms with Crippen molar-refractivity contribution in [3.8, 4) is 11.1 Å². The Morgan fingerprint density at radius 1 is 1.27 bits per heavy atom. The number of benzene rings is 2. The third-order valence-corrected chi connectivity index (χ3v) is 5.59. The van der Waals surface area contributed by atoms with Gasteiger partial charge in [-0.25, -0.2) is 14.2 Å². The maximum atomic E-state index is 14.1. The van der Waals surface area contributed by atoms with Gasteiger partial charge in [-0.15, -0.1) is 0 Å². The van der Waals surface area contributed by atoms with Gasteiger partial charge in [0.15, 0.2) is 6.10 Å². The Labute approximate surface area is 197 Å². The average Bonchev–Trinajstić information content (AvgIpc) is 3.22. The largest absolute Gasteiger partial charge is 0.464 e. The fraction of sp³-hybridized carbons (Fsp3) is 0.227. The van der Waals surface area contributed by atoms with Crippen molar-refractivity contribution in [1.29, 1.82) is 0 Å². The molecule has 0 aliphatic rings. The minimum absolute atomic E-state index is 0.0983. The van der Waals surface area contributed by atoms with Gasteiger partial charge >= 0.3 is 10.8 Å². The van der Waals surface area contributed by atoms with E-state index in [-0.39, 0.29) is 29.4 Å². The van der Waals surface area contributed by atoms with E-state index in [9.17, 15) is 23.9 Å². The van der Waals surface area contributed by atoms with Crippen molar-refractivity contribution in [2.45, 2.75) is 19.6 Å². The SMILES string of the molecule is CCOC(=O)[C@H](O)CN(Cc1ccc(-c2cc(Cl)ccc2F)cc1)NC(=O)c1c[nH]c(=O)s1. The van der Waals surface area contributed by atoms with E-state index in [0.29, 0.717) is 21.7 Å². The van der Waals surface area contributed by atoms with Crippen LogP contribution >= 0.6 is 22.9 Å². The monoisotopic (exact) mass is 493 g/mol. The molecule has 1 aromatic heterocycles. The number of rotatable bonds is 9. The van der Waals surface area contributed by atoms with E-state index in [1.54, 1.807) is 31.2 Å². The summed E-state index contributed by atoms with van der Waals surface area (Å²) in [6.45, 7) is 1.57. The fourth-order valence-electron chi connectivity index (χ4n) is 2.99. The van der Waals surface area contributed by atoms with Crippen LogP contribution in [-0.2, 0) is 16.1 Å². The lowest BCUT2D eigenvalue weighted by Crippen LogP contribution is -2.47. The van der Waals surface area contributed by atoms with Gasteiger partial charge in [-0.3, -0.25) is 15.0 Å². The van der Waals surface area contributed by atoms with Crippen LogP contribution in [0.25, 0.3) is 11.1 Å². The van der Waals surface area contributed by atoms with Gasteiger partial charge in [0.25, 0.3) is 5.91 Å². The first-order valence-corrected chi connectivity index (χ1v) is 11.1. The third kappa shape index (κ3) is 6.72.